The van der Waals surface area contributed by atoms with E-state index in [4.69, 9.17) is 0 Å². The Balaban J connectivity index is 1.72. The maximum absolute atomic E-state index is 12.6. The highest BCUT2D eigenvalue weighted by Gasteiger charge is 2.29. The molecule has 24 heavy (non-hydrogen) atoms. The van der Waals surface area contributed by atoms with E-state index < -0.39 is 10.0 Å². The lowest BCUT2D eigenvalue weighted by Gasteiger charge is -2.17. The number of hydrogen-bond acceptors (Lipinski definition) is 5. The highest BCUT2D eigenvalue weighted by molar-refractivity contribution is 7.89. The molecule has 9 heteroatoms. The smallest absolute Gasteiger partial charge is 0.253 e. The number of carbonyl (C=O) groups is 1. The molecule has 1 aromatic heterocycles. The van der Waals surface area contributed by atoms with E-state index in [1.807, 2.05) is 0 Å². The van der Waals surface area contributed by atoms with Crippen LogP contribution in [-0.4, -0.2) is 65.7 Å². The van der Waals surface area contributed by atoms with Gasteiger partial charge in [0.15, 0.2) is 0 Å². The van der Waals surface area contributed by atoms with Crippen LogP contribution in [0.2, 0.25) is 0 Å². The van der Waals surface area contributed by atoms with E-state index in [0.29, 0.717) is 18.7 Å². The summed E-state index contributed by atoms with van der Waals surface area (Å²) in [6, 6.07) is 6.12. The number of aromatic nitrogens is 3. The van der Waals surface area contributed by atoms with Crippen molar-refractivity contribution >= 4 is 15.9 Å². The Labute approximate surface area is 140 Å². The molecule has 1 aliphatic rings. The quantitative estimate of drug-likeness (QED) is 0.807. The first-order chi connectivity index (χ1) is 11.4. The molecule has 2 heterocycles. The number of sulfonamides is 1. The second-order valence-electron chi connectivity index (χ2n) is 5.85. The fourth-order valence-electron chi connectivity index (χ4n) is 2.69. The van der Waals surface area contributed by atoms with Crippen LogP contribution in [0.4, 0.5) is 0 Å². The number of nitrogens with zero attached hydrogens (tertiary/aromatic N) is 5. The summed E-state index contributed by atoms with van der Waals surface area (Å²) in [5.74, 6) is -0.113. The van der Waals surface area contributed by atoms with Gasteiger partial charge in [-0.2, -0.15) is 15.0 Å². The number of carbonyl (C=O) groups excluding carboxylic acids is 1. The zero-order valence-electron chi connectivity index (χ0n) is 13.5. The third-order valence-corrected chi connectivity index (χ3v) is 5.92. The normalized spacial score (nSPS) is 18.3. The number of rotatable bonds is 4. The molecule has 1 aliphatic heterocycles. The molecule has 3 rings (SSSR count). The van der Waals surface area contributed by atoms with Gasteiger partial charge in [-0.25, -0.2) is 12.7 Å². The first kappa shape index (κ1) is 16.6. The highest BCUT2D eigenvalue weighted by Crippen LogP contribution is 2.22. The Kier molecular flexibility index (Phi) is 4.37. The van der Waals surface area contributed by atoms with Crippen molar-refractivity contribution in [2.75, 3.05) is 27.2 Å². The van der Waals surface area contributed by atoms with Gasteiger partial charge in [-0.1, -0.05) is 0 Å². The van der Waals surface area contributed by atoms with Crippen molar-refractivity contribution in [3.8, 4) is 0 Å². The molecule has 0 aliphatic carbocycles. The molecule has 1 aromatic carbocycles. The van der Waals surface area contributed by atoms with Gasteiger partial charge in [-0.3, -0.25) is 4.79 Å². The van der Waals surface area contributed by atoms with E-state index in [1.54, 1.807) is 34.2 Å². The molecule has 2 aromatic rings. The Bertz CT molecular complexity index is 815. The van der Waals surface area contributed by atoms with Crippen molar-refractivity contribution in [2.45, 2.75) is 17.4 Å². The highest BCUT2D eigenvalue weighted by atomic mass is 32.2. The fourth-order valence-corrected chi connectivity index (χ4v) is 3.59. The molecule has 0 N–H and O–H groups in total. The van der Waals surface area contributed by atoms with Gasteiger partial charge in [0.05, 0.1) is 23.3 Å². The zero-order valence-corrected chi connectivity index (χ0v) is 14.3. The summed E-state index contributed by atoms with van der Waals surface area (Å²) < 4.78 is 25.3. The summed E-state index contributed by atoms with van der Waals surface area (Å²) in [5.41, 5.74) is 0.474. The van der Waals surface area contributed by atoms with Crippen LogP contribution < -0.4 is 0 Å². The van der Waals surface area contributed by atoms with Crippen LogP contribution in [0.15, 0.2) is 41.6 Å². The lowest BCUT2D eigenvalue weighted by Crippen LogP contribution is -2.29. The van der Waals surface area contributed by atoms with Gasteiger partial charge in [0.2, 0.25) is 10.0 Å². The van der Waals surface area contributed by atoms with Gasteiger partial charge in [-0.15, -0.1) is 0 Å². The Morgan fingerprint density at radius 3 is 2.38 bits per heavy atom. The maximum Gasteiger partial charge on any atom is 0.253 e. The predicted octanol–water partition coefficient (Wildman–Crippen LogP) is 0.616. The van der Waals surface area contributed by atoms with Gasteiger partial charge in [0.1, 0.15) is 0 Å². The minimum Gasteiger partial charge on any atom is -0.336 e. The molecule has 0 unspecified atom stereocenters. The molecule has 1 saturated heterocycles. The fraction of sp³-hybridized carbons (Fsp3) is 0.400. The number of benzene rings is 1. The van der Waals surface area contributed by atoms with Crippen LogP contribution in [0.3, 0.4) is 0 Å². The van der Waals surface area contributed by atoms with E-state index in [1.165, 1.54) is 26.2 Å². The Morgan fingerprint density at radius 2 is 1.79 bits per heavy atom. The monoisotopic (exact) mass is 349 g/mol. The molecule has 8 nitrogen and oxygen atoms in total. The largest absolute Gasteiger partial charge is 0.336 e. The molecule has 0 bridgehead atoms. The number of likely N-dealkylation sites (tertiary alicyclic amines) is 1. The molecule has 1 amide bonds. The van der Waals surface area contributed by atoms with E-state index in [2.05, 4.69) is 10.2 Å². The van der Waals surface area contributed by atoms with E-state index in [0.717, 1.165) is 10.7 Å². The van der Waals surface area contributed by atoms with Crippen LogP contribution in [0, 0.1) is 0 Å². The molecule has 1 atom stereocenters. The molecule has 1 fully saturated rings. The standard InChI is InChI=1S/C15H19N5O3S/c1-18(2)24(22,23)14-5-3-12(4-6-14)15(21)19-10-7-13(11-19)20-16-8-9-17-20/h3-6,8-9,13H,7,10-11H2,1-2H3/t13-/m0/s1. The predicted molar refractivity (Wildman–Crippen MR) is 86.9 cm³/mol. The second kappa shape index (κ2) is 6.33. The zero-order chi connectivity index (χ0) is 17.3. The molecular weight excluding hydrogens is 330 g/mol. The van der Waals surface area contributed by atoms with Crippen LogP contribution in [-0.2, 0) is 10.0 Å². The van der Waals surface area contributed by atoms with Crippen molar-refractivity contribution < 1.29 is 13.2 Å². The average molecular weight is 349 g/mol. The van der Waals surface area contributed by atoms with Gasteiger partial charge in [0.25, 0.3) is 5.91 Å². The molecule has 0 radical (unpaired) electrons. The number of hydrogen-bond donors (Lipinski definition) is 0. The summed E-state index contributed by atoms with van der Waals surface area (Å²) in [6.07, 6.45) is 4.04. The van der Waals surface area contributed by atoms with E-state index in [9.17, 15) is 13.2 Å². The average Bonchev–Trinajstić information content (AvgIpc) is 3.25. The van der Waals surface area contributed by atoms with Crippen LogP contribution in [0.5, 0.6) is 0 Å². The van der Waals surface area contributed by atoms with E-state index >= 15 is 0 Å². The van der Waals surface area contributed by atoms with Crippen LogP contribution in [0.25, 0.3) is 0 Å². The molecule has 0 saturated carbocycles. The SMILES string of the molecule is CN(C)S(=O)(=O)c1ccc(C(=O)N2CC[C@H](n3nccn3)C2)cc1. The van der Waals surface area contributed by atoms with Crippen molar-refractivity contribution in [1.82, 2.24) is 24.2 Å². The number of amides is 1. The van der Waals surface area contributed by atoms with Gasteiger partial charge < -0.3 is 4.90 Å². The third kappa shape index (κ3) is 3.04. The van der Waals surface area contributed by atoms with Crippen molar-refractivity contribution in [3.05, 3.63) is 42.2 Å². The summed E-state index contributed by atoms with van der Waals surface area (Å²) in [5, 5.41) is 8.23. The summed E-state index contributed by atoms with van der Waals surface area (Å²) in [7, 11) is -0.540. The molecule has 0 spiro atoms. The Morgan fingerprint density at radius 1 is 1.17 bits per heavy atom. The summed E-state index contributed by atoms with van der Waals surface area (Å²) in [4.78, 5) is 16.1. The van der Waals surface area contributed by atoms with Crippen LogP contribution in [0.1, 0.15) is 22.8 Å². The lowest BCUT2D eigenvalue weighted by atomic mass is 10.2. The Hall–Kier alpha value is -2.26. The van der Waals surface area contributed by atoms with Crippen LogP contribution >= 0.6 is 0 Å². The summed E-state index contributed by atoms with van der Waals surface area (Å²) in [6.45, 7) is 1.17. The van der Waals surface area contributed by atoms with E-state index in [-0.39, 0.29) is 16.8 Å². The van der Waals surface area contributed by atoms with Gasteiger partial charge in [0, 0.05) is 32.7 Å². The van der Waals surface area contributed by atoms with Gasteiger partial charge >= 0.3 is 0 Å². The lowest BCUT2D eigenvalue weighted by molar-refractivity contribution is 0.0786. The topological polar surface area (TPSA) is 88.4 Å². The third-order valence-electron chi connectivity index (χ3n) is 4.09. The van der Waals surface area contributed by atoms with Crippen molar-refractivity contribution in [2.24, 2.45) is 0 Å². The maximum atomic E-state index is 12.6. The first-order valence-electron chi connectivity index (χ1n) is 7.57. The minimum absolute atomic E-state index is 0.0809. The minimum atomic E-state index is -3.49. The van der Waals surface area contributed by atoms with Crippen molar-refractivity contribution in [1.29, 1.82) is 0 Å². The summed E-state index contributed by atoms with van der Waals surface area (Å²) >= 11 is 0. The first-order valence-corrected chi connectivity index (χ1v) is 9.01. The van der Waals surface area contributed by atoms with Gasteiger partial charge in [-0.05, 0) is 30.7 Å². The molecule has 128 valence electrons. The van der Waals surface area contributed by atoms with Crippen molar-refractivity contribution in [3.63, 3.8) is 0 Å². The second-order valence-corrected chi connectivity index (χ2v) is 8.01. The molecular formula is C15H19N5O3S.